The van der Waals surface area contributed by atoms with Crippen LogP contribution in [0.2, 0.25) is 0 Å². The quantitative estimate of drug-likeness (QED) is 0.795. The van der Waals surface area contributed by atoms with Crippen LogP contribution in [-0.2, 0) is 5.41 Å². The maximum absolute atomic E-state index is 4.58. The largest absolute Gasteiger partial charge is 0.363 e. The Morgan fingerprint density at radius 1 is 0.952 bits per heavy atom. The molecule has 4 heteroatoms. The van der Waals surface area contributed by atoms with E-state index in [4.69, 9.17) is 0 Å². The highest BCUT2D eigenvalue weighted by molar-refractivity contribution is 5.47. The Morgan fingerprint density at radius 2 is 1.57 bits per heavy atom. The van der Waals surface area contributed by atoms with Gasteiger partial charge in [-0.1, -0.05) is 20.8 Å². The first-order valence-corrected chi connectivity index (χ1v) is 8.02. The highest BCUT2D eigenvalue weighted by atomic mass is 15.4. The topological polar surface area (TPSA) is 32.3 Å². The number of rotatable bonds is 1. The second kappa shape index (κ2) is 4.67. The Balaban J connectivity index is 1.74. The summed E-state index contributed by atoms with van der Waals surface area (Å²) in [5.74, 6) is 0.923. The molecule has 0 amide bonds. The summed E-state index contributed by atoms with van der Waals surface area (Å²) in [5, 5.41) is 0. The lowest BCUT2D eigenvalue weighted by atomic mass is 9.96. The molecule has 2 unspecified atom stereocenters. The van der Waals surface area contributed by atoms with Crippen molar-refractivity contribution in [3.05, 3.63) is 18.2 Å². The van der Waals surface area contributed by atoms with Gasteiger partial charge in [-0.15, -0.1) is 0 Å². The first-order valence-electron chi connectivity index (χ1n) is 8.02. The average molecular weight is 288 g/mol. The van der Waals surface area contributed by atoms with Gasteiger partial charge in [-0.05, 0) is 27.2 Å². The van der Waals surface area contributed by atoms with E-state index in [1.807, 2.05) is 12.4 Å². The number of fused-ring (bicyclic) bond motifs is 2. The first-order chi connectivity index (χ1) is 9.66. The highest BCUT2D eigenvalue weighted by Gasteiger charge is 2.46. The second-order valence-electron chi connectivity index (χ2n) is 8.53. The number of nitrogens with zero attached hydrogens (tertiary/aromatic N) is 4. The van der Waals surface area contributed by atoms with E-state index >= 15 is 0 Å². The van der Waals surface area contributed by atoms with E-state index in [1.54, 1.807) is 0 Å². The Bertz CT molecular complexity index is 509. The fourth-order valence-corrected chi connectivity index (χ4v) is 3.66. The molecule has 1 aromatic rings. The zero-order valence-corrected chi connectivity index (χ0v) is 14.2. The van der Waals surface area contributed by atoms with Crippen molar-refractivity contribution >= 4 is 5.69 Å². The van der Waals surface area contributed by atoms with Crippen molar-refractivity contribution in [1.29, 1.82) is 0 Å². The van der Waals surface area contributed by atoms with Gasteiger partial charge in [0.1, 0.15) is 5.82 Å². The third-order valence-electron chi connectivity index (χ3n) is 4.74. The lowest BCUT2D eigenvalue weighted by Gasteiger charge is -2.42. The molecule has 116 valence electrons. The fraction of sp³-hybridized carbons (Fsp3) is 0.765. The van der Waals surface area contributed by atoms with Crippen LogP contribution in [0.3, 0.4) is 0 Å². The van der Waals surface area contributed by atoms with E-state index in [2.05, 4.69) is 61.3 Å². The SMILES string of the molecule is CC(C)(C)c1ncc(N2CC3CC2CN3C(C)(C)C)cn1. The smallest absolute Gasteiger partial charge is 0.133 e. The highest BCUT2D eigenvalue weighted by Crippen LogP contribution is 2.37. The van der Waals surface area contributed by atoms with Crippen LogP contribution in [0, 0.1) is 0 Å². The summed E-state index contributed by atoms with van der Waals surface area (Å²) < 4.78 is 0. The van der Waals surface area contributed by atoms with E-state index in [0.29, 0.717) is 12.1 Å². The minimum atomic E-state index is 0.0194. The van der Waals surface area contributed by atoms with Crippen molar-refractivity contribution in [3.63, 3.8) is 0 Å². The van der Waals surface area contributed by atoms with Crippen molar-refractivity contribution in [2.75, 3.05) is 18.0 Å². The van der Waals surface area contributed by atoms with E-state index in [1.165, 1.54) is 12.1 Å². The maximum Gasteiger partial charge on any atom is 0.133 e. The predicted molar refractivity (Wildman–Crippen MR) is 86.7 cm³/mol. The second-order valence-corrected chi connectivity index (χ2v) is 8.53. The van der Waals surface area contributed by atoms with E-state index < -0.39 is 0 Å². The first kappa shape index (κ1) is 14.8. The van der Waals surface area contributed by atoms with Crippen LogP contribution in [0.1, 0.15) is 53.8 Å². The summed E-state index contributed by atoms with van der Waals surface area (Å²) in [6.45, 7) is 15.7. The van der Waals surface area contributed by atoms with Crippen LogP contribution >= 0.6 is 0 Å². The van der Waals surface area contributed by atoms with Gasteiger partial charge in [0.05, 0.1) is 18.1 Å². The molecule has 0 spiro atoms. The number of aromatic nitrogens is 2. The van der Waals surface area contributed by atoms with Gasteiger partial charge >= 0.3 is 0 Å². The Kier molecular flexibility index (Phi) is 3.28. The van der Waals surface area contributed by atoms with Gasteiger partial charge in [0, 0.05) is 36.1 Å². The van der Waals surface area contributed by atoms with Gasteiger partial charge in [0.2, 0.25) is 0 Å². The molecule has 2 bridgehead atoms. The zero-order valence-electron chi connectivity index (χ0n) is 14.2. The van der Waals surface area contributed by atoms with Crippen molar-refractivity contribution in [2.24, 2.45) is 0 Å². The molecule has 0 N–H and O–H groups in total. The van der Waals surface area contributed by atoms with Crippen molar-refractivity contribution in [2.45, 2.75) is 71.0 Å². The van der Waals surface area contributed by atoms with Gasteiger partial charge in [0.15, 0.2) is 0 Å². The van der Waals surface area contributed by atoms with Gasteiger partial charge in [0.25, 0.3) is 0 Å². The van der Waals surface area contributed by atoms with Crippen molar-refractivity contribution in [1.82, 2.24) is 14.9 Å². The summed E-state index contributed by atoms with van der Waals surface area (Å²) in [6.07, 6.45) is 5.30. The number of anilines is 1. The summed E-state index contributed by atoms with van der Waals surface area (Å²) >= 11 is 0. The zero-order chi connectivity index (χ0) is 15.4. The van der Waals surface area contributed by atoms with Gasteiger partial charge in [-0.2, -0.15) is 0 Å². The van der Waals surface area contributed by atoms with Crippen LogP contribution < -0.4 is 4.90 Å². The number of likely N-dealkylation sites (tertiary alicyclic amines) is 1. The standard InChI is InChI=1S/C17H28N4/c1-16(2,3)15-18-8-14(9-19-15)20-10-13-7-12(20)11-21(13)17(4,5)6/h8-9,12-13H,7,10-11H2,1-6H3. The van der Waals surface area contributed by atoms with Crippen molar-refractivity contribution < 1.29 is 0 Å². The summed E-state index contributed by atoms with van der Waals surface area (Å²) in [5.41, 5.74) is 1.48. The predicted octanol–water partition coefficient (Wildman–Crippen LogP) is 2.84. The molecule has 2 fully saturated rings. The Labute approximate surface area is 128 Å². The third-order valence-corrected chi connectivity index (χ3v) is 4.74. The minimum Gasteiger partial charge on any atom is -0.363 e. The molecule has 3 rings (SSSR count). The fourth-order valence-electron chi connectivity index (χ4n) is 3.66. The molecule has 0 aromatic carbocycles. The summed E-state index contributed by atoms with van der Waals surface area (Å²) in [4.78, 5) is 14.3. The normalized spacial score (nSPS) is 26.7. The molecule has 0 saturated carbocycles. The van der Waals surface area contributed by atoms with Crippen LogP contribution in [-0.4, -0.2) is 45.6 Å². The molecule has 2 atom stereocenters. The number of hydrogen-bond acceptors (Lipinski definition) is 4. The van der Waals surface area contributed by atoms with Crippen molar-refractivity contribution in [3.8, 4) is 0 Å². The molecule has 0 radical (unpaired) electrons. The third kappa shape index (κ3) is 2.66. The molecule has 2 aliphatic rings. The molecular weight excluding hydrogens is 260 g/mol. The number of piperazine rings is 1. The van der Waals surface area contributed by atoms with Crippen LogP contribution in [0.4, 0.5) is 5.69 Å². The Morgan fingerprint density at radius 3 is 2.00 bits per heavy atom. The van der Waals surface area contributed by atoms with Crippen LogP contribution in [0.15, 0.2) is 12.4 Å². The summed E-state index contributed by atoms with van der Waals surface area (Å²) in [7, 11) is 0. The molecule has 4 nitrogen and oxygen atoms in total. The number of hydrogen-bond donors (Lipinski definition) is 0. The van der Waals surface area contributed by atoms with E-state index in [0.717, 1.165) is 18.9 Å². The minimum absolute atomic E-state index is 0.0194. The summed E-state index contributed by atoms with van der Waals surface area (Å²) in [6, 6.07) is 1.30. The van der Waals surface area contributed by atoms with Gasteiger partial charge < -0.3 is 4.90 Å². The van der Waals surface area contributed by atoms with Crippen LogP contribution in [0.5, 0.6) is 0 Å². The molecule has 1 aromatic heterocycles. The lowest BCUT2D eigenvalue weighted by molar-refractivity contribution is 0.113. The molecule has 3 heterocycles. The monoisotopic (exact) mass is 288 g/mol. The van der Waals surface area contributed by atoms with Gasteiger partial charge in [-0.25, -0.2) is 9.97 Å². The van der Waals surface area contributed by atoms with E-state index in [-0.39, 0.29) is 11.0 Å². The molecular formula is C17H28N4. The van der Waals surface area contributed by atoms with Crippen LogP contribution in [0.25, 0.3) is 0 Å². The molecule has 2 saturated heterocycles. The Hall–Kier alpha value is -1.16. The van der Waals surface area contributed by atoms with E-state index in [9.17, 15) is 0 Å². The average Bonchev–Trinajstić information content (AvgIpc) is 2.96. The molecule has 21 heavy (non-hydrogen) atoms. The van der Waals surface area contributed by atoms with Gasteiger partial charge in [-0.3, -0.25) is 4.90 Å². The molecule has 2 aliphatic heterocycles. The lowest BCUT2D eigenvalue weighted by Crippen LogP contribution is -2.53. The maximum atomic E-state index is 4.58. The molecule has 0 aliphatic carbocycles.